The summed E-state index contributed by atoms with van der Waals surface area (Å²) in [4.78, 5) is 16.5. The van der Waals surface area contributed by atoms with Gasteiger partial charge in [-0.1, -0.05) is 0 Å². The number of nitrogens with zero attached hydrogens (tertiary/aromatic N) is 1. The highest BCUT2D eigenvalue weighted by Gasteiger charge is 2.20. The van der Waals surface area contributed by atoms with Crippen molar-refractivity contribution in [2.24, 2.45) is 5.73 Å². The first-order valence-corrected chi connectivity index (χ1v) is 8.04. The van der Waals surface area contributed by atoms with Crippen molar-refractivity contribution in [2.45, 2.75) is 51.0 Å². The summed E-state index contributed by atoms with van der Waals surface area (Å²) in [6.45, 7) is 2.08. The molecule has 1 fully saturated rings. The fourth-order valence-corrected chi connectivity index (χ4v) is 3.29. The van der Waals surface area contributed by atoms with Crippen molar-refractivity contribution < 1.29 is 4.79 Å². The number of fused-ring (bicyclic) bond motifs is 1. The molecule has 1 amide bonds. The van der Waals surface area contributed by atoms with Crippen LogP contribution in [0.5, 0.6) is 0 Å². The summed E-state index contributed by atoms with van der Waals surface area (Å²) in [7, 11) is 0. The third-order valence-electron chi connectivity index (χ3n) is 4.48. The Morgan fingerprint density at radius 3 is 2.95 bits per heavy atom. The van der Waals surface area contributed by atoms with Crippen molar-refractivity contribution in [3.05, 3.63) is 22.9 Å². The van der Waals surface area contributed by atoms with Gasteiger partial charge >= 0.3 is 0 Å². The molecule has 2 heterocycles. The van der Waals surface area contributed by atoms with Gasteiger partial charge < -0.3 is 16.4 Å². The van der Waals surface area contributed by atoms with Crippen LogP contribution in [0, 0.1) is 0 Å². The quantitative estimate of drug-likeness (QED) is 0.789. The number of nitrogens with two attached hydrogens (primary N) is 1. The van der Waals surface area contributed by atoms with Crippen LogP contribution in [-0.2, 0) is 12.8 Å². The van der Waals surface area contributed by atoms with E-state index in [1.54, 1.807) is 0 Å². The van der Waals surface area contributed by atoms with E-state index >= 15 is 0 Å². The number of rotatable bonds is 3. The van der Waals surface area contributed by atoms with Gasteiger partial charge in [0.1, 0.15) is 5.82 Å². The summed E-state index contributed by atoms with van der Waals surface area (Å²) in [5.74, 6) is 0.306. The van der Waals surface area contributed by atoms with E-state index < -0.39 is 0 Å². The summed E-state index contributed by atoms with van der Waals surface area (Å²) in [6, 6.07) is 2.33. The van der Waals surface area contributed by atoms with E-state index in [9.17, 15) is 4.79 Å². The Morgan fingerprint density at radius 1 is 1.24 bits per heavy atom. The zero-order valence-corrected chi connectivity index (χ0v) is 12.5. The van der Waals surface area contributed by atoms with E-state index in [-0.39, 0.29) is 5.91 Å². The summed E-state index contributed by atoms with van der Waals surface area (Å²) >= 11 is 0. The van der Waals surface area contributed by atoms with Gasteiger partial charge in [-0.15, -0.1) is 0 Å². The van der Waals surface area contributed by atoms with Crippen molar-refractivity contribution >= 4 is 11.7 Å². The van der Waals surface area contributed by atoms with Crippen molar-refractivity contribution in [3.63, 3.8) is 0 Å². The first-order chi connectivity index (χ1) is 10.2. The number of hydrogen-bond donors (Lipinski definition) is 3. The topological polar surface area (TPSA) is 80.0 Å². The lowest BCUT2D eigenvalue weighted by atomic mass is 9.94. The standard InChI is InChI=1S/C16H24N4O/c17-15(21)13-10-11-4-1-2-6-14(11)20-16(13)19-12-5-3-8-18-9-7-12/h10,12,18H,1-9H2,(H2,17,21)(H,19,20). The Labute approximate surface area is 125 Å². The smallest absolute Gasteiger partial charge is 0.252 e. The molecular formula is C16H24N4O. The summed E-state index contributed by atoms with van der Waals surface area (Å²) in [6.07, 6.45) is 7.68. The summed E-state index contributed by atoms with van der Waals surface area (Å²) < 4.78 is 0. The van der Waals surface area contributed by atoms with E-state index in [0.29, 0.717) is 17.4 Å². The lowest BCUT2D eigenvalue weighted by molar-refractivity contribution is 0.100. The SMILES string of the molecule is NC(=O)c1cc2c(nc1NC1CCCNCC1)CCCC2. The minimum Gasteiger partial charge on any atom is -0.367 e. The van der Waals surface area contributed by atoms with E-state index in [1.807, 2.05) is 6.07 Å². The molecule has 5 heteroatoms. The van der Waals surface area contributed by atoms with Crippen molar-refractivity contribution in [1.29, 1.82) is 0 Å². The molecule has 0 bridgehead atoms. The second kappa shape index (κ2) is 6.43. The maximum absolute atomic E-state index is 11.7. The Hall–Kier alpha value is -1.62. The number of anilines is 1. The fraction of sp³-hybridized carbons (Fsp3) is 0.625. The molecule has 0 saturated carbocycles. The molecule has 1 aliphatic heterocycles. The van der Waals surface area contributed by atoms with Gasteiger partial charge in [0.05, 0.1) is 5.56 Å². The molecule has 1 saturated heterocycles. The molecule has 0 aromatic carbocycles. The Kier molecular flexibility index (Phi) is 4.39. The Balaban J connectivity index is 1.86. The lowest BCUT2D eigenvalue weighted by Crippen LogP contribution is -2.25. The highest BCUT2D eigenvalue weighted by Crippen LogP contribution is 2.25. The Morgan fingerprint density at radius 2 is 2.10 bits per heavy atom. The van der Waals surface area contributed by atoms with E-state index in [0.717, 1.165) is 50.9 Å². The van der Waals surface area contributed by atoms with Crippen LogP contribution in [0.25, 0.3) is 0 Å². The van der Waals surface area contributed by atoms with Gasteiger partial charge in [0.15, 0.2) is 0 Å². The molecule has 1 aromatic rings. The number of amides is 1. The van der Waals surface area contributed by atoms with Gasteiger partial charge in [-0.3, -0.25) is 4.79 Å². The molecule has 1 unspecified atom stereocenters. The molecule has 21 heavy (non-hydrogen) atoms. The number of aryl methyl sites for hydroxylation is 2. The first-order valence-electron chi connectivity index (χ1n) is 8.04. The van der Waals surface area contributed by atoms with Crippen molar-refractivity contribution in [3.8, 4) is 0 Å². The molecular weight excluding hydrogens is 264 g/mol. The molecule has 0 spiro atoms. The highest BCUT2D eigenvalue weighted by atomic mass is 16.1. The van der Waals surface area contributed by atoms with Gasteiger partial charge in [0, 0.05) is 11.7 Å². The third kappa shape index (κ3) is 3.35. The molecule has 1 aliphatic carbocycles. The maximum Gasteiger partial charge on any atom is 0.252 e. The summed E-state index contributed by atoms with van der Waals surface area (Å²) in [5.41, 5.74) is 8.44. The predicted molar refractivity (Wildman–Crippen MR) is 83.5 cm³/mol. The molecule has 0 radical (unpaired) electrons. The number of carbonyl (C=O) groups excluding carboxylic acids is 1. The van der Waals surface area contributed by atoms with E-state index in [1.165, 1.54) is 18.4 Å². The number of primary amides is 1. The zero-order valence-electron chi connectivity index (χ0n) is 12.5. The number of aromatic nitrogens is 1. The third-order valence-corrected chi connectivity index (χ3v) is 4.48. The average Bonchev–Trinajstić information content (AvgIpc) is 2.75. The van der Waals surface area contributed by atoms with Crippen LogP contribution in [0.1, 0.15) is 53.7 Å². The maximum atomic E-state index is 11.7. The predicted octanol–water partition coefficient (Wildman–Crippen LogP) is 1.61. The number of hydrogen-bond acceptors (Lipinski definition) is 4. The number of pyridine rings is 1. The lowest BCUT2D eigenvalue weighted by Gasteiger charge is -2.22. The summed E-state index contributed by atoms with van der Waals surface area (Å²) in [5, 5.41) is 6.87. The molecule has 114 valence electrons. The van der Waals surface area contributed by atoms with Gasteiger partial charge in [-0.05, 0) is 69.7 Å². The van der Waals surface area contributed by atoms with Crippen molar-refractivity contribution in [1.82, 2.24) is 10.3 Å². The Bertz CT molecular complexity index is 521. The molecule has 5 nitrogen and oxygen atoms in total. The van der Waals surface area contributed by atoms with Gasteiger partial charge in [0.2, 0.25) is 0 Å². The van der Waals surface area contributed by atoms with Crippen LogP contribution in [-0.4, -0.2) is 30.0 Å². The average molecular weight is 288 g/mol. The molecule has 4 N–H and O–H groups in total. The van der Waals surface area contributed by atoms with Crippen molar-refractivity contribution in [2.75, 3.05) is 18.4 Å². The van der Waals surface area contributed by atoms with Crippen LogP contribution in [0.4, 0.5) is 5.82 Å². The van der Waals surface area contributed by atoms with Crippen LogP contribution < -0.4 is 16.4 Å². The van der Waals surface area contributed by atoms with E-state index in [4.69, 9.17) is 10.7 Å². The van der Waals surface area contributed by atoms with Crippen LogP contribution >= 0.6 is 0 Å². The van der Waals surface area contributed by atoms with Crippen LogP contribution in [0.3, 0.4) is 0 Å². The normalized spacial score (nSPS) is 22.2. The van der Waals surface area contributed by atoms with Crippen LogP contribution in [0.15, 0.2) is 6.07 Å². The first kappa shape index (κ1) is 14.3. The minimum absolute atomic E-state index is 0.368. The zero-order chi connectivity index (χ0) is 14.7. The van der Waals surface area contributed by atoms with Gasteiger partial charge in [0.25, 0.3) is 5.91 Å². The van der Waals surface area contributed by atoms with Gasteiger partial charge in [-0.2, -0.15) is 0 Å². The second-order valence-electron chi connectivity index (χ2n) is 6.08. The van der Waals surface area contributed by atoms with E-state index in [2.05, 4.69) is 10.6 Å². The van der Waals surface area contributed by atoms with Gasteiger partial charge in [-0.25, -0.2) is 4.98 Å². The highest BCUT2D eigenvalue weighted by molar-refractivity contribution is 5.97. The monoisotopic (exact) mass is 288 g/mol. The fourth-order valence-electron chi connectivity index (χ4n) is 3.29. The number of carbonyl (C=O) groups is 1. The van der Waals surface area contributed by atoms with Crippen LogP contribution in [0.2, 0.25) is 0 Å². The minimum atomic E-state index is -0.384. The molecule has 3 rings (SSSR count). The molecule has 1 atom stereocenters. The largest absolute Gasteiger partial charge is 0.367 e. The molecule has 1 aromatic heterocycles. The molecule has 2 aliphatic rings. The number of nitrogens with one attached hydrogen (secondary N) is 2. The second-order valence-corrected chi connectivity index (χ2v) is 6.08.